The minimum atomic E-state index is 0.506. The molecule has 16 heavy (non-hydrogen) atoms. The molecule has 0 radical (unpaired) electrons. The monoisotopic (exact) mass is 220 g/mol. The molecule has 2 atom stereocenters. The smallest absolute Gasteiger partial charge is 0.0529 e. The van der Waals surface area contributed by atoms with E-state index in [0.29, 0.717) is 12.0 Å². The van der Waals surface area contributed by atoms with Crippen molar-refractivity contribution in [2.75, 3.05) is 18.5 Å². The van der Waals surface area contributed by atoms with Gasteiger partial charge in [-0.2, -0.15) is 0 Å². The van der Waals surface area contributed by atoms with Crippen LogP contribution in [-0.2, 0) is 4.74 Å². The van der Waals surface area contributed by atoms with Crippen molar-refractivity contribution < 1.29 is 4.74 Å². The number of aromatic nitrogens is 1. The molecule has 0 bridgehead atoms. The Morgan fingerprint density at radius 2 is 2.44 bits per heavy atom. The SMILES string of the molecule is CCC(Nc1ccc(C)nc1)C1CCOC1. The summed E-state index contributed by atoms with van der Waals surface area (Å²) in [6.07, 6.45) is 4.21. The summed E-state index contributed by atoms with van der Waals surface area (Å²) in [5.74, 6) is 0.645. The summed E-state index contributed by atoms with van der Waals surface area (Å²) in [5, 5.41) is 3.56. The lowest BCUT2D eigenvalue weighted by Gasteiger charge is -2.23. The third-order valence-corrected chi connectivity index (χ3v) is 3.24. The van der Waals surface area contributed by atoms with Gasteiger partial charge in [-0.05, 0) is 31.9 Å². The number of anilines is 1. The molecule has 2 heterocycles. The molecule has 1 aliphatic heterocycles. The van der Waals surface area contributed by atoms with Crippen LogP contribution >= 0.6 is 0 Å². The van der Waals surface area contributed by atoms with Crippen molar-refractivity contribution in [3.8, 4) is 0 Å². The summed E-state index contributed by atoms with van der Waals surface area (Å²) in [6, 6.07) is 4.65. The molecule has 1 aliphatic rings. The molecule has 1 saturated heterocycles. The fourth-order valence-corrected chi connectivity index (χ4v) is 2.19. The van der Waals surface area contributed by atoms with E-state index < -0.39 is 0 Å². The van der Waals surface area contributed by atoms with Crippen LogP contribution in [0.2, 0.25) is 0 Å². The molecule has 0 aliphatic carbocycles. The maximum Gasteiger partial charge on any atom is 0.0529 e. The van der Waals surface area contributed by atoms with Gasteiger partial charge in [-0.3, -0.25) is 4.98 Å². The molecule has 88 valence electrons. The van der Waals surface area contributed by atoms with Crippen LogP contribution in [0.25, 0.3) is 0 Å². The topological polar surface area (TPSA) is 34.2 Å². The molecule has 0 spiro atoms. The van der Waals surface area contributed by atoms with Gasteiger partial charge in [0.25, 0.3) is 0 Å². The zero-order chi connectivity index (χ0) is 11.4. The van der Waals surface area contributed by atoms with Crippen molar-refractivity contribution in [1.29, 1.82) is 0 Å². The van der Waals surface area contributed by atoms with E-state index in [-0.39, 0.29) is 0 Å². The van der Waals surface area contributed by atoms with E-state index >= 15 is 0 Å². The number of pyridine rings is 1. The first-order chi connectivity index (χ1) is 7.79. The molecular weight excluding hydrogens is 200 g/mol. The first-order valence-electron chi connectivity index (χ1n) is 6.06. The standard InChI is InChI=1S/C13H20N2O/c1-3-13(11-6-7-16-9-11)15-12-5-4-10(2)14-8-12/h4-5,8,11,13,15H,3,6-7,9H2,1-2H3. The Balaban J connectivity index is 1.97. The first kappa shape index (κ1) is 11.4. The molecule has 1 aromatic heterocycles. The number of nitrogens with one attached hydrogen (secondary N) is 1. The summed E-state index contributed by atoms with van der Waals surface area (Å²) in [5.41, 5.74) is 2.17. The van der Waals surface area contributed by atoms with Gasteiger partial charge in [-0.25, -0.2) is 0 Å². The van der Waals surface area contributed by atoms with Crippen molar-refractivity contribution >= 4 is 5.69 Å². The lowest BCUT2D eigenvalue weighted by molar-refractivity contribution is 0.182. The lowest BCUT2D eigenvalue weighted by atomic mass is 9.96. The van der Waals surface area contributed by atoms with E-state index in [1.807, 2.05) is 19.2 Å². The number of aryl methyl sites for hydroxylation is 1. The number of rotatable bonds is 4. The van der Waals surface area contributed by atoms with Crippen LogP contribution in [0.1, 0.15) is 25.5 Å². The van der Waals surface area contributed by atoms with E-state index in [1.165, 1.54) is 6.42 Å². The van der Waals surface area contributed by atoms with Crippen LogP contribution in [0.15, 0.2) is 18.3 Å². The Kier molecular flexibility index (Phi) is 3.78. The molecule has 2 unspecified atom stereocenters. The molecule has 1 fully saturated rings. The Morgan fingerprint density at radius 1 is 1.56 bits per heavy atom. The van der Waals surface area contributed by atoms with E-state index in [1.54, 1.807) is 0 Å². The van der Waals surface area contributed by atoms with Gasteiger partial charge in [0, 0.05) is 24.3 Å². The van der Waals surface area contributed by atoms with Crippen molar-refractivity contribution in [3.05, 3.63) is 24.0 Å². The van der Waals surface area contributed by atoms with Gasteiger partial charge in [-0.1, -0.05) is 6.92 Å². The fraction of sp³-hybridized carbons (Fsp3) is 0.615. The van der Waals surface area contributed by atoms with Crippen molar-refractivity contribution in [2.24, 2.45) is 5.92 Å². The second-order valence-corrected chi connectivity index (χ2v) is 4.47. The molecule has 3 nitrogen and oxygen atoms in total. The van der Waals surface area contributed by atoms with Crippen LogP contribution in [0.3, 0.4) is 0 Å². The second-order valence-electron chi connectivity index (χ2n) is 4.47. The largest absolute Gasteiger partial charge is 0.381 e. The highest BCUT2D eigenvalue weighted by Crippen LogP contribution is 2.22. The quantitative estimate of drug-likeness (QED) is 0.847. The highest BCUT2D eigenvalue weighted by Gasteiger charge is 2.24. The molecule has 2 rings (SSSR count). The third kappa shape index (κ3) is 2.73. The molecule has 0 saturated carbocycles. The summed E-state index contributed by atoms with van der Waals surface area (Å²) in [7, 11) is 0. The Bertz CT molecular complexity index is 317. The first-order valence-corrected chi connectivity index (χ1v) is 6.06. The number of ether oxygens (including phenoxy) is 1. The van der Waals surface area contributed by atoms with E-state index in [0.717, 1.165) is 31.0 Å². The minimum absolute atomic E-state index is 0.506. The maximum absolute atomic E-state index is 5.44. The van der Waals surface area contributed by atoms with Crippen LogP contribution in [0.4, 0.5) is 5.69 Å². The normalized spacial score (nSPS) is 22.0. The Hall–Kier alpha value is -1.09. The summed E-state index contributed by atoms with van der Waals surface area (Å²) in [4.78, 5) is 4.30. The molecule has 0 amide bonds. The predicted octanol–water partition coefficient (Wildman–Crippen LogP) is 2.62. The van der Waals surface area contributed by atoms with E-state index in [9.17, 15) is 0 Å². The van der Waals surface area contributed by atoms with Gasteiger partial charge in [-0.15, -0.1) is 0 Å². The third-order valence-electron chi connectivity index (χ3n) is 3.24. The summed E-state index contributed by atoms with van der Waals surface area (Å²) < 4.78 is 5.44. The van der Waals surface area contributed by atoms with Crippen molar-refractivity contribution in [1.82, 2.24) is 4.98 Å². The summed E-state index contributed by atoms with van der Waals surface area (Å²) in [6.45, 7) is 6.03. The average Bonchev–Trinajstić information content (AvgIpc) is 2.82. The molecular formula is C13H20N2O. The lowest BCUT2D eigenvalue weighted by Crippen LogP contribution is -2.28. The fourth-order valence-electron chi connectivity index (χ4n) is 2.19. The van der Waals surface area contributed by atoms with Crippen molar-refractivity contribution in [2.45, 2.75) is 32.7 Å². The zero-order valence-electron chi connectivity index (χ0n) is 10.1. The van der Waals surface area contributed by atoms with Gasteiger partial charge in [0.2, 0.25) is 0 Å². The molecule has 0 aromatic carbocycles. The van der Waals surface area contributed by atoms with Crippen molar-refractivity contribution in [3.63, 3.8) is 0 Å². The molecule has 1 aromatic rings. The van der Waals surface area contributed by atoms with Gasteiger partial charge >= 0.3 is 0 Å². The maximum atomic E-state index is 5.44. The molecule has 3 heteroatoms. The average molecular weight is 220 g/mol. The van der Waals surface area contributed by atoms with E-state index in [2.05, 4.69) is 23.3 Å². The van der Waals surface area contributed by atoms with Gasteiger partial charge in [0.15, 0.2) is 0 Å². The number of hydrogen-bond donors (Lipinski definition) is 1. The number of nitrogens with zero attached hydrogens (tertiary/aromatic N) is 1. The number of hydrogen-bond acceptors (Lipinski definition) is 3. The highest BCUT2D eigenvalue weighted by molar-refractivity contribution is 5.42. The van der Waals surface area contributed by atoms with Crippen LogP contribution in [-0.4, -0.2) is 24.2 Å². The summed E-state index contributed by atoms with van der Waals surface area (Å²) >= 11 is 0. The Morgan fingerprint density at radius 3 is 3.00 bits per heavy atom. The minimum Gasteiger partial charge on any atom is -0.381 e. The van der Waals surface area contributed by atoms with E-state index in [4.69, 9.17) is 4.74 Å². The van der Waals surface area contributed by atoms with Gasteiger partial charge in [0.05, 0.1) is 18.5 Å². The van der Waals surface area contributed by atoms with Crippen LogP contribution in [0.5, 0.6) is 0 Å². The van der Waals surface area contributed by atoms with Crippen LogP contribution < -0.4 is 5.32 Å². The highest BCUT2D eigenvalue weighted by atomic mass is 16.5. The van der Waals surface area contributed by atoms with Crippen LogP contribution in [0, 0.1) is 12.8 Å². The zero-order valence-corrected chi connectivity index (χ0v) is 10.1. The predicted molar refractivity (Wildman–Crippen MR) is 65.6 cm³/mol. The molecule has 1 N–H and O–H groups in total. The second kappa shape index (κ2) is 5.30. The van der Waals surface area contributed by atoms with Gasteiger partial charge in [0.1, 0.15) is 0 Å². The Labute approximate surface area is 97.2 Å². The van der Waals surface area contributed by atoms with Gasteiger partial charge < -0.3 is 10.1 Å².